The van der Waals surface area contributed by atoms with Crippen molar-refractivity contribution in [3.63, 3.8) is 0 Å². The third-order valence-corrected chi connectivity index (χ3v) is 6.78. The van der Waals surface area contributed by atoms with E-state index in [1.807, 2.05) is 27.7 Å². The fraction of sp³-hybridized carbons (Fsp3) is 0.808. The molecule has 7 heteroatoms. The predicted molar refractivity (Wildman–Crippen MR) is 133 cm³/mol. The number of carbonyl (C=O) groups excluding carboxylic acids is 3. The highest BCUT2D eigenvalue weighted by Crippen LogP contribution is 2.22. The Morgan fingerprint density at radius 3 is 2.27 bits per heavy atom. The molecule has 2 amide bonds. The third-order valence-electron chi connectivity index (χ3n) is 6.78. The van der Waals surface area contributed by atoms with Crippen molar-refractivity contribution in [2.75, 3.05) is 20.2 Å². The Morgan fingerprint density at radius 1 is 1.12 bits per heavy atom. The van der Waals surface area contributed by atoms with Gasteiger partial charge in [0.2, 0.25) is 11.8 Å². The molecule has 0 spiro atoms. The van der Waals surface area contributed by atoms with E-state index in [2.05, 4.69) is 24.1 Å². The molecule has 190 valence electrons. The lowest BCUT2D eigenvalue weighted by atomic mass is 9.93. The van der Waals surface area contributed by atoms with Crippen LogP contribution in [-0.2, 0) is 19.1 Å². The van der Waals surface area contributed by atoms with Gasteiger partial charge in [-0.2, -0.15) is 0 Å². The van der Waals surface area contributed by atoms with Crippen LogP contribution in [0.4, 0.5) is 0 Å². The first-order valence-electron chi connectivity index (χ1n) is 12.6. The van der Waals surface area contributed by atoms with Crippen LogP contribution in [0.2, 0.25) is 0 Å². The van der Waals surface area contributed by atoms with E-state index in [0.717, 1.165) is 32.2 Å². The summed E-state index contributed by atoms with van der Waals surface area (Å²) >= 11 is 0. The number of carbonyl (C=O) groups is 3. The van der Waals surface area contributed by atoms with Gasteiger partial charge in [0.25, 0.3) is 0 Å². The minimum atomic E-state index is -0.610. The van der Waals surface area contributed by atoms with E-state index in [1.54, 1.807) is 31.9 Å². The summed E-state index contributed by atoms with van der Waals surface area (Å²) in [6.45, 7) is 17.0. The second kappa shape index (κ2) is 13.7. The fourth-order valence-corrected chi connectivity index (χ4v) is 4.47. The van der Waals surface area contributed by atoms with Crippen LogP contribution in [0.3, 0.4) is 0 Å². The maximum Gasteiger partial charge on any atom is 0.333 e. The molecule has 1 aliphatic heterocycles. The highest BCUT2D eigenvalue weighted by molar-refractivity contribution is 5.91. The van der Waals surface area contributed by atoms with Gasteiger partial charge >= 0.3 is 5.97 Å². The number of nitrogens with zero attached hydrogens (tertiary/aromatic N) is 2. The number of rotatable bonds is 11. The van der Waals surface area contributed by atoms with E-state index in [9.17, 15) is 14.4 Å². The molecule has 0 aliphatic carbocycles. The van der Waals surface area contributed by atoms with E-state index in [4.69, 9.17) is 4.74 Å². The summed E-state index contributed by atoms with van der Waals surface area (Å²) in [5.41, 5.74) is 0.481. The van der Waals surface area contributed by atoms with Crippen molar-refractivity contribution >= 4 is 17.8 Å². The maximum absolute atomic E-state index is 13.7. The summed E-state index contributed by atoms with van der Waals surface area (Å²) < 4.78 is 5.10. The van der Waals surface area contributed by atoms with Crippen molar-refractivity contribution in [1.29, 1.82) is 0 Å². The van der Waals surface area contributed by atoms with Gasteiger partial charge in [-0.15, -0.1) is 0 Å². The van der Waals surface area contributed by atoms with Gasteiger partial charge < -0.3 is 15.0 Å². The van der Waals surface area contributed by atoms with Crippen LogP contribution in [0.1, 0.15) is 81.1 Å². The van der Waals surface area contributed by atoms with Crippen LogP contribution in [0, 0.1) is 11.8 Å². The Kier molecular flexibility index (Phi) is 12.1. The minimum absolute atomic E-state index is 0.0112. The number of esters is 1. The zero-order valence-corrected chi connectivity index (χ0v) is 22.3. The van der Waals surface area contributed by atoms with Crippen molar-refractivity contribution in [2.24, 2.45) is 11.8 Å². The Morgan fingerprint density at radius 2 is 1.76 bits per heavy atom. The van der Waals surface area contributed by atoms with Crippen molar-refractivity contribution in [3.8, 4) is 0 Å². The minimum Gasteiger partial charge on any atom is -0.463 e. The van der Waals surface area contributed by atoms with Gasteiger partial charge in [0.1, 0.15) is 6.04 Å². The Balaban J connectivity index is 3.12. The number of piperidine rings is 1. The van der Waals surface area contributed by atoms with Gasteiger partial charge in [0, 0.05) is 18.7 Å². The molecule has 7 nitrogen and oxygen atoms in total. The quantitative estimate of drug-likeness (QED) is 0.371. The molecule has 0 radical (unpaired) electrons. The molecule has 0 unspecified atom stereocenters. The molecule has 0 bridgehead atoms. The first kappa shape index (κ1) is 29.1. The van der Waals surface area contributed by atoms with Gasteiger partial charge in [-0.1, -0.05) is 46.6 Å². The molecule has 1 rings (SSSR count). The SMILES string of the molecule is CCOC(=O)C(C)=C[C@H](C(C)C)N(C)C(=O)[C@H](NC(=O)[C@H]1CCCCN1C(C)C)[C@H](C)CC. The lowest BCUT2D eigenvalue weighted by Crippen LogP contribution is -2.59. The number of likely N-dealkylation sites (tertiary alicyclic amines) is 1. The first-order chi connectivity index (χ1) is 15.5. The van der Waals surface area contributed by atoms with E-state index >= 15 is 0 Å². The molecule has 0 aromatic heterocycles. The van der Waals surface area contributed by atoms with Gasteiger partial charge in [0.05, 0.1) is 18.7 Å². The zero-order chi connectivity index (χ0) is 25.3. The summed E-state index contributed by atoms with van der Waals surface area (Å²) in [6.07, 6.45) is 5.51. The number of nitrogens with one attached hydrogen (secondary N) is 1. The summed E-state index contributed by atoms with van der Waals surface area (Å²) in [4.78, 5) is 43.0. The van der Waals surface area contributed by atoms with E-state index in [1.165, 1.54) is 0 Å². The average Bonchev–Trinajstić information content (AvgIpc) is 2.78. The van der Waals surface area contributed by atoms with E-state index in [-0.39, 0.29) is 47.7 Å². The maximum atomic E-state index is 13.7. The molecule has 33 heavy (non-hydrogen) atoms. The van der Waals surface area contributed by atoms with Gasteiger partial charge in [-0.3, -0.25) is 14.5 Å². The lowest BCUT2D eigenvalue weighted by Gasteiger charge is -2.39. The molecule has 1 saturated heterocycles. The number of ether oxygens (including phenoxy) is 1. The summed E-state index contributed by atoms with van der Waals surface area (Å²) in [5.74, 6) is -0.484. The van der Waals surface area contributed by atoms with Crippen LogP contribution in [0.25, 0.3) is 0 Å². The van der Waals surface area contributed by atoms with Crippen molar-refractivity contribution in [1.82, 2.24) is 15.1 Å². The van der Waals surface area contributed by atoms with Gasteiger partial charge in [0.15, 0.2) is 0 Å². The molecule has 0 saturated carbocycles. The fourth-order valence-electron chi connectivity index (χ4n) is 4.47. The highest BCUT2D eigenvalue weighted by Gasteiger charge is 2.36. The number of hydrogen-bond donors (Lipinski definition) is 1. The smallest absolute Gasteiger partial charge is 0.333 e. The van der Waals surface area contributed by atoms with Crippen LogP contribution in [-0.4, -0.2) is 72.0 Å². The zero-order valence-electron chi connectivity index (χ0n) is 22.3. The number of likely N-dealkylation sites (N-methyl/N-ethyl adjacent to an activating group) is 1. The first-order valence-corrected chi connectivity index (χ1v) is 12.6. The van der Waals surface area contributed by atoms with Crippen LogP contribution >= 0.6 is 0 Å². The predicted octanol–water partition coefficient (Wildman–Crippen LogP) is 3.77. The van der Waals surface area contributed by atoms with Crippen LogP contribution in [0.5, 0.6) is 0 Å². The second-order valence-corrected chi connectivity index (χ2v) is 9.97. The topological polar surface area (TPSA) is 79.0 Å². The van der Waals surface area contributed by atoms with Crippen molar-refractivity contribution in [3.05, 3.63) is 11.6 Å². The lowest BCUT2D eigenvalue weighted by molar-refractivity contribution is -0.140. The van der Waals surface area contributed by atoms with Crippen molar-refractivity contribution in [2.45, 2.75) is 105 Å². The standard InChI is InChI=1S/C26H47N3O4/c1-10-19(7)23(27-24(30)21-14-12-13-15-29(21)18(5)6)25(31)28(9)22(17(3)4)16-20(8)26(32)33-11-2/h16-19,21-23H,10-15H2,1-9H3,(H,27,30)/t19-,21-,22-,23-/m1/s1. The molecule has 4 atom stereocenters. The second-order valence-electron chi connectivity index (χ2n) is 9.97. The highest BCUT2D eigenvalue weighted by atomic mass is 16.5. The Bertz CT molecular complexity index is 689. The molecular formula is C26H47N3O4. The molecule has 1 N–H and O–H groups in total. The van der Waals surface area contributed by atoms with E-state index < -0.39 is 6.04 Å². The van der Waals surface area contributed by atoms with Crippen molar-refractivity contribution < 1.29 is 19.1 Å². The van der Waals surface area contributed by atoms with E-state index in [0.29, 0.717) is 12.2 Å². The Hall–Kier alpha value is -1.89. The molecule has 1 heterocycles. The molecule has 0 aromatic carbocycles. The van der Waals surface area contributed by atoms with Crippen LogP contribution < -0.4 is 5.32 Å². The summed E-state index contributed by atoms with van der Waals surface area (Å²) in [5, 5.41) is 3.11. The average molecular weight is 466 g/mol. The monoisotopic (exact) mass is 465 g/mol. The molecule has 1 fully saturated rings. The molecular weight excluding hydrogens is 418 g/mol. The van der Waals surface area contributed by atoms with Crippen LogP contribution in [0.15, 0.2) is 11.6 Å². The largest absolute Gasteiger partial charge is 0.463 e. The normalized spacial score (nSPS) is 20.3. The third kappa shape index (κ3) is 8.13. The number of amides is 2. The molecule has 1 aliphatic rings. The number of hydrogen-bond acceptors (Lipinski definition) is 5. The summed E-state index contributed by atoms with van der Waals surface area (Å²) in [7, 11) is 1.75. The summed E-state index contributed by atoms with van der Waals surface area (Å²) in [6, 6.07) is -0.814. The van der Waals surface area contributed by atoms with Gasteiger partial charge in [-0.25, -0.2) is 4.79 Å². The Labute approximate surface area is 201 Å². The van der Waals surface area contributed by atoms with Gasteiger partial charge in [-0.05, 0) is 58.9 Å². The molecule has 0 aromatic rings.